The molecule has 1 aromatic carbocycles. The average molecular weight is 290 g/mol. The first-order chi connectivity index (χ1) is 10.4. The summed E-state index contributed by atoms with van der Waals surface area (Å²) in [6.45, 7) is 2.02. The molecule has 1 unspecified atom stereocenters. The second-order valence-electron chi connectivity index (χ2n) is 6.47. The Hall–Kier alpha value is -0.860. The molecule has 0 saturated heterocycles. The lowest BCUT2D eigenvalue weighted by Crippen LogP contribution is -2.20. The Morgan fingerprint density at radius 3 is 2.62 bits per heavy atom. The number of hydrogen-bond acceptors (Lipinski definition) is 2. The van der Waals surface area contributed by atoms with E-state index in [2.05, 4.69) is 24.3 Å². The number of unbranched alkanes of at least 4 members (excludes halogenated alkanes) is 2. The maximum absolute atomic E-state index is 8.82. The van der Waals surface area contributed by atoms with Crippen LogP contribution in [-0.4, -0.2) is 18.3 Å². The van der Waals surface area contributed by atoms with Crippen LogP contribution in [0.15, 0.2) is 30.3 Å². The van der Waals surface area contributed by atoms with Crippen molar-refractivity contribution in [3.05, 3.63) is 35.9 Å². The molecule has 0 heterocycles. The van der Waals surface area contributed by atoms with Crippen LogP contribution in [0.2, 0.25) is 0 Å². The molecule has 0 spiro atoms. The van der Waals surface area contributed by atoms with E-state index in [9.17, 15) is 0 Å². The molecule has 2 heteroatoms. The molecule has 0 amide bonds. The van der Waals surface area contributed by atoms with E-state index in [4.69, 9.17) is 9.84 Å². The molecule has 1 saturated carbocycles. The van der Waals surface area contributed by atoms with Crippen molar-refractivity contribution in [2.45, 2.75) is 58.0 Å². The fourth-order valence-corrected chi connectivity index (χ4v) is 3.46. The summed E-state index contributed by atoms with van der Waals surface area (Å²) in [5.41, 5.74) is 1.27. The fraction of sp³-hybridized carbons (Fsp3) is 0.684. The molecule has 1 aromatic rings. The van der Waals surface area contributed by atoms with Crippen LogP contribution in [-0.2, 0) is 11.3 Å². The standard InChI is InChI=1S/C19H30O2/c20-13-6-2-5-8-17-11-7-12-19(14-17)16-21-15-18-9-3-1-4-10-18/h1,3-4,9-10,17,19-20H,2,5-8,11-16H2/t17?,19-/m0/s1. The van der Waals surface area contributed by atoms with Gasteiger partial charge in [-0.05, 0) is 36.7 Å². The van der Waals surface area contributed by atoms with Crippen molar-refractivity contribution in [3.8, 4) is 0 Å². The van der Waals surface area contributed by atoms with Gasteiger partial charge in [-0.1, -0.05) is 62.4 Å². The van der Waals surface area contributed by atoms with E-state index in [0.717, 1.165) is 31.5 Å². The van der Waals surface area contributed by atoms with Gasteiger partial charge in [0.2, 0.25) is 0 Å². The van der Waals surface area contributed by atoms with E-state index in [1.165, 1.54) is 50.5 Å². The van der Waals surface area contributed by atoms with Crippen LogP contribution in [0.1, 0.15) is 56.9 Å². The third-order valence-corrected chi connectivity index (χ3v) is 4.63. The Kier molecular flexibility index (Phi) is 7.83. The summed E-state index contributed by atoms with van der Waals surface area (Å²) in [7, 11) is 0. The van der Waals surface area contributed by atoms with Crippen LogP contribution in [0.4, 0.5) is 0 Å². The largest absolute Gasteiger partial charge is 0.396 e. The highest BCUT2D eigenvalue weighted by Crippen LogP contribution is 2.32. The van der Waals surface area contributed by atoms with Crippen LogP contribution < -0.4 is 0 Å². The van der Waals surface area contributed by atoms with E-state index >= 15 is 0 Å². The van der Waals surface area contributed by atoms with Gasteiger partial charge >= 0.3 is 0 Å². The first kappa shape index (κ1) is 16.5. The summed E-state index contributed by atoms with van der Waals surface area (Å²) in [6, 6.07) is 10.4. The summed E-state index contributed by atoms with van der Waals surface area (Å²) in [4.78, 5) is 0. The summed E-state index contributed by atoms with van der Waals surface area (Å²) >= 11 is 0. The molecule has 0 radical (unpaired) electrons. The Morgan fingerprint density at radius 1 is 1.00 bits per heavy atom. The minimum atomic E-state index is 0.348. The molecule has 1 N–H and O–H groups in total. The summed E-state index contributed by atoms with van der Waals surface area (Å²) in [5, 5.41) is 8.82. The summed E-state index contributed by atoms with van der Waals surface area (Å²) in [6.07, 6.45) is 10.2. The van der Waals surface area contributed by atoms with Crippen LogP contribution in [0.3, 0.4) is 0 Å². The van der Waals surface area contributed by atoms with E-state index in [1.807, 2.05) is 6.07 Å². The number of ether oxygens (including phenoxy) is 1. The first-order valence-corrected chi connectivity index (χ1v) is 8.61. The first-order valence-electron chi connectivity index (χ1n) is 8.61. The van der Waals surface area contributed by atoms with Gasteiger partial charge in [0.1, 0.15) is 0 Å². The Bertz CT molecular complexity index is 363. The molecule has 0 bridgehead atoms. The highest BCUT2D eigenvalue weighted by Gasteiger charge is 2.21. The van der Waals surface area contributed by atoms with E-state index in [-0.39, 0.29) is 0 Å². The van der Waals surface area contributed by atoms with Crippen LogP contribution in [0, 0.1) is 11.8 Å². The van der Waals surface area contributed by atoms with Crippen LogP contribution in [0.5, 0.6) is 0 Å². The van der Waals surface area contributed by atoms with Gasteiger partial charge in [-0.2, -0.15) is 0 Å². The van der Waals surface area contributed by atoms with Crippen molar-refractivity contribution < 1.29 is 9.84 Å². The van der Waals surface area contributed by atoms with Crippen molar-refractivity contribution in [2.75, 3.05) is 13.2 Å². The van der Waals surface area contributed by atoms with Crippen LogP contribution >= 0.6 is 0 Å². The Balaban J connectivity index is 1.60. The van der Waals surface area contributed by atoms with Crippen molar-refractivity contribution in [1.82, 2.24) is 0 Å². The van der Waals surface area contributed by atoms with Gasteiger partial charge < -0.3 is 9.84 Å². The molecule has 1 aliphatic carbocycles. The molecule has 2 nitrogen and oxygen atoms in total. The number of aliphatic hydroxyl groups is 1. The zero-order valence-electron chi connectivity index (χ0n) is 13.2. The topological polar surface area (TPSA) is 29.5 Å². The SMILES string of the molecule is OCCCCCC1CCC[C@H](COCc2ccccc2)C1. The zero-order valence-corrected chi connectivity index (χ0v) is 13.2. The number of aliphatic hydroxyl groups excluding tert-OH is 1. The molecule has 2 rings (SSSR count). The van der Waals surface area contributed by atoms with E-state index in [0.29, 0.717) is 6.61 Å². The lowest BCUT2D eigenvalue weighted by molar-refractivity contribution is 0.0626. The molecule has 0 aliphatic heterocycles. The number of hydrogen-bond donors (Lipinski definition) is 1. The van der Waals surface area contributed by atoms with Gasteiger partial charge in [-0.25, -0.2) is 0 Å². The number of benzene rings is 1. The number of rotatable bonds is 9. The fourth-order valence-electron chi connectivity index (χ4n) is 3.46. The quantitative estimate of drug-likeness (QED) is 0.675. The Labute approximate surface area is 129 Å². The van der Waals surface area contributed by atoms with Crippen molar-refractivity contribution in [1.29, 1.82) is 0 Å². The molecule has 118 valence electrons. The van der Waals surface area contributed by atoms with Gasteiger partial charge in [-0.15, -0.1) is 0 Å². The smallest absolute Gasteiger partial charge is 0.0717 e. The monoisotopic (exact) mass is 290 g/mol. The zero-order chi connectivity index (χ0) is 14.8. The summed E-state index contributed by atoms with van der Waals surface area (Å²) < 4.78 is 5.92. The van der Waals surface area contributed by atoms with Gasteiger partial charge in [0.05, 0.1) is 6.61 Å². The van der Waals surface area contributed by atoms with E-state index in [1.54, 1.807) is 0 Å². The lowest BCUT2D eigenvalue weighted by Gasteiger charge is -2.29. The van der Waals surface area contributed by atoms with Crippen LogP contribution in [0.25, 0.3) is 0 Å². The van der Waals surface area contributed by atoms with E-state index < -0.39 is 0 Å². The average Bonchev–Trinajstić information content (AvgIpc) is 2.53. The molecule has 0 aromatic heterocycles. The third-order valence-electron chi connectivity index (χ3n) is 4.63. The second kappa shape index (κ2) is 9.97. The highest BCUT2D eigenvalue weighted by atomic mass is 16.5. The minimum Gasteiger partial charge on any atom is -0.396 e. The molecular formula is C19H30O2. The molecule has 2 atom stereocenters. The predicted octanol–water partition coefficient (Wildman–Crippen LogP) is 4.56. The Morgan fingerprint density at radius 2 is 1.81 bits per heavy atom. The lowest BCUT2D eigenvalue weighted by atomic mass is 9.79. The molecule has 1 aliphatic rings. The third kappa shape index (κ3) is 6.62. The van der Waals surface area contributed by atoms with Crippen molar-refractivity contribution in [3.63, 3.8) is 0 Å². The minimum absolute atomic E-state index is 0.348. The maximum atomic E-state index is 8.82. The molecule has 1 fully saturated rings. The van der Waals surface area contributed by atoms with Crippen molar-refractivity contribution >= 4 is 0 Å². The second-order valence-corrected chi connectivity index (χ2v) is 6.47. The van der Waals surface area contributed by atoms with Gasteiger partial charge in [0.25, 0.3) is 0 Å². The molecule has 21 heavy (non-hydrogen) atoms. The molecular weight excluding hydrogens is 260 g/mol. The van der Waals surface area contributed by atoms with Gasteiger partial charge in [-0.3, -0.25) is 0 Å². The van der Waals surface area contributed by atoms with Gasteiger partial charge in [0, 0.05) is 13.2 Å². The predicted molar refractivity (Wildman–Crippen MR) is 87.1 cm³/mol. The normalized spacial score (nSPS) is 22.3. The van der Waals surface area contributed by atoms with Gasteiger partial charge in [0.15, 0.2) is 0 Å². The highest BCUT2D eigenvalue weighted by molar-refractivity contribution is 5.13. The summed E-state index contributed by atoms with van der Waals surface area (Å²) in [5.74, 6) is 1.65. The maximum Gasteiger partial charge on any atom is 0.0717 e. The van der Waals surface area contributed by atoms with Crippen molar-refractivity contribution in [2.24, 2.45) is 11.8 Å².